The van der Waals surface area contributed by atoms with Gasteiger partial charge in [0.2, 0.25) is 0 Å². The largest absolute Gasteiger partial charge is 0.381 e. The molecule has 1 N–H and O–H groups in total. The van der Waals surface area contributed by atoms with Crippen molar-refractivity contribution in [3.63, 3.8) is 0 Å². The van der Waals surface area contributed by atoms with Crippen LogP contribution in [0.2, 0.25) is 5.15 Å². The molecule has 1 aliphatic heterocycles. The predicted octanol–water partition coefficient (Wildman–Crippen LogP) is 1.80. The topological polar surface area (TPSA) is 94.4 Å². The van der Waals surface area contributed by atoms with E-state index in [0.717, 1.165) is 25.6 Å². The van der Waals surface area contributed by atoms with Crippen molar-refractivity contribution in [1.82, 2.24) is 10.3 Å². The minimum Gasteiger partial charge on any atom is -0.381 e. The highest BCUT2D eigenvalue weighted by Gasteiger charge is 2.22. The van der Waals surface area contributed by atoms with E-state index in [0.29, 0.717) is 13.2 Å². The van der Waals surface area contributed by atoms with E-state index >= 15 is 0 Å². The molecule has 1 aromatic rings. The molecular formula is C12H14ClN3O4. The summed E-state index contributed by atoms with van der Waals surface area (Å²) < 4.78 is 5.31. The van der Waals surface area contributed by atoms with Gasteiger partial charge in [-0.15, -0.1) is 0 Å². The Hall–Kier alpha value is -1.73. The van der Waals surface area contributed by atoms with E-state index in [4.69, 9.17) is 16.3 Å². The average molecular weight is 300 g/mol. The van der Waals surface area contributed by atoms with Crippen molar-refractivity contribution in [3.8, 4) is 0 Å². The van der Waals surface area contributed by atoms with Crippen LogP contribution in [0.5, 0.6) is 0 Å². The quantitative estimate of drug-likeness (QED) is 0.520. The molecule has 20 heavy (non-hydrogen) atoms. The van der Waals surface area contributed by atoms with Gasteiger partial charge in [-0.2, -0.15) is 0 Å². The first-order valence-electron chi connectivity index (χ1n) is 6.24. The third-order valence-corrected chi connectivity index (χ3v) is 3.30. The van der Waals surface area contributed by atoms with E-state index in [1.807, 2.05) is 0 Å². The van der Waals surface area contributed by atoms with Gasteiger partial charge in [0.05, 0.1) is 11.5 Å². The van der Waals surface area contributed by atoms with Crippen LogP contribution < -0.4 is 5.32 Å². The van der Waals surface area contributed by atoms with Crippen molar-refractivity contribution in [2.24, 2.45) is 5.92 Å². The third kappa shape index (κ3) is 3.64. The summed E-state index contributed by atoms with van der Waals surface area (Å²) in [6, 6.07) is 1.20. The highest BCUT2D eigenvalue weighted by Crippen LogP contribution is 2.20. The first-order chi connectivity index (χ1) is 9.58. The van der Waals surface area contributed by atoms with Crippen molar-refractivity contribution in [3.05, 3.63) is 33.1 Å². The van der Waals surface area contributed by atoms with Crippen LogP contribution in [0.3, 0.4) is 0 Å². The van der Waals surface area contributed by atoms with Crippen molar-refractivity contribution in [2.75, 3.05) is 19.8 Å². The standard InChI is InChI=1S/C12H14ClN3O4/c13-11-4-9(10(6-14-11)16(18)19)12(17)15-5-8-2-1-3-20-7-8/h4,6,8H,1-3,5,7H2,(H,15,17). The first kappa shape index (κ1) is 14.7. The number of pyridine rings is 1. The fourth-order valence-corrected chi connectivity index (χ4v) is 2.21. The van der Waals surface area contributed by atoms with E-state index < -0.39 is 10.8 Å². The molecule has 2 heterocycles. The van der Waals surface area contributed by atoms with Crippen molar-refractivity contribution >= 4 is 23.2 Å². The van der Waals surface area contributed by atoms with Crippen LogP contribution in [-0.2, 0) is 4.74 Å². The number of amides is 1. The van der Waals surface area contributed by atoms with Gasteiger partial charge in [-0.25, -0.2) is 4.98 Å². The fraction of sp³-hybridized carbons (Fsp3) is 0.500. The number of ether oxygens (including phenoxy) is 1. The highest BCUT2D eigenvalue weighted by molar-refractivity contribution is 6.29. The summed E-state index contributed by atoms with van der Waals surface area (Å²) in [7, 11) is 0. The lowest BCUT2D eigenvalue weighted by atomic mass is 10.0. The number of carbonyl (C=O) groups is 1. The molecule has 108 valence electrons. The number of nitro groups is 1. The molecule has 1 unspecified atom stereocenters. The summed E-state index contributed by atoms with van der Waals surface area (Å²) in [6.45, 7) is 1.77. The number of hydrogen-bond acceptors (Lipinski definition) is 5. The Kier molecular flexibility index (Phi) is 4.86. The van der Waals surface area contributed by atoms with Crippen LogP contribution in [0.15, 0.2) is 12.3 Å². The normalized spacial score (nSPS) is 18.6. The number of halogens is 1. The van der Waals surface area contributed by atoms with Gasteiger partial charge >= 0.3 is 0 Å². The second kappa shape index (κ2) is 6.62. The summed E-state index contributed by atoms with van der Waals surface area (Å²) in [5.74, 6) is -0.282. The number of aromatic nitrogens is 1. The Bertz CT molecular complexity index is 517. The SMILES string of the molecule is O=C(NCC1CCCOC1)c1cc(Cl)ncc1[N+](=O)[O-]. The minimum absolute atomic E-state index is 0.0433. The zero-order chi connectivity index (χ0) is 14.5. The summed E-state index contributed by atoms with van der Waals surface area (Å²) >= 11 is 5.68. The summed E-state index contributed by atoms with van der Waals surface area (Å²) in [6.07, 6.45) is 2.92. The average Bonchev–Trinajstić information content (AvgIpc) is 2.45. The molecule has 7 nitrogen and oxygen atoms in total. The van der Waals surface area contributed by atoms with Gasteiger partial charge in [0.1, 0.15) is 16.9 Å². The maximum atomic E-state index is 12.0. The first-order valence-corrected chi connectivity index (χ1v) is 6.61. The molecule has 0 saturated carbocycles. The molecule has 1 saturated heterocycles. The minimum atomic E-state index is -0.651. The third-order valence-electron chi connectivity index (χ3n) is 3.10. The summed E-state index contributed by atoms with van der Waals surface area (Å²) in [4.78, 5) is 25.9. The molecule has 1 aromatic heterocycles. The Balaban J connectivity index is 2.04. The molecule has 0 aromatic carbocycles. The number of nitrogens with one attached hydrogen (secondary N) is 1. The summed E-state index contributed by atoms with van der Waals surface area (Å²) in [5.41, 5.74) is -0.432. The Morgan fingerprint density at radius 3 is 3.10 bits per heavy atom. The van der Waals surface area contributed by atoms with Crippen LogP contribution in [0, 0.1) is 16.0 Å². The van der Waals surface area contributed by atoms with E-state index in [1.54, 1.807) is 0 Å². The molecular weight excluding hydrogens is 286 g/mol. The second-order valence-corrected chi connectivity index (χ2v) is 4.96. The molecule has 2 rings (SSSR count). The Morgan fingerprint density at radius 2 is 2.45 bits per heavy atom. The molecule has 0 aliphatic carbocycles. The number of nitrogens with zero attached hydrogens (tertiary/aromatic N) is 2. The Labute approximate surface area is 120 Å². The van der Waals surface area contributed by atoms with Crippen LogP contribution >= 0.6 is 11.6 Å². The van der Waals surface area contributed by atoms with Crippen LogP contribution in [0.4, 0.5) is 5.69 Å². The van der Waals surface area contributed by atoms with Gasteiger partial charge in [0.15, 0.2) is 0 Å². The fourth-order valence-electron chi connectivity index (χ4n) is 2.05. The lowest BCUT2D eigenvalue weighted by Crippen LogP contribution is -2.33. The zero-order valence-electron chi connectivity index (χ0n) is 10.7. The molecule has 0 spiro atoms. The number of hydrogen-bond donors (Lipinski definition) is 1. The van der Waals surface area contributed by atoms with Crippen LogP contribution in [-0.4, -0.2) is 35.6 Å². The predicted molar refractivity (Wildman–Crippen MR) is 71.8 cm³/mol. The van der Waals surface area contributed by atoms with Crippen molar-refractivity contribution in [2.45, 2.75) is 12.8 Å². The Morgan fingerprint density at radius 1 is 1.65 bits per heavy atom. The zero-order valence-corrected chi connectivity index (χ0v) is 11.4. The maximum absolute atomic E-state index is 12.0. The van der Waals surface area contributed by atoms with Gasteiger partial charge in [-0.3, -0.25) is 14.9 Å². The molecule has 1 amide bonds. The highest BCUT2D eigenvalue weighted by atomic mass is 35.5. The molecule has 1 aliphatic rings. The van der Waals surface area contributed by atoms with E-state index in [-0.39, 0.29) is 22.3 Å². The molecule has 0 radical (unpaired) electrons. The van der Waals surface area contributed by atoms with Gasteiger partial charge in [0, 0.05) is 13.2 Å². The van der Waals surface area contributed by atoms with Crippen LogP contribution in [0.1, 0.15) is 23.2 Å². The van der Waals surface area contributed by atoms with Crippen LogP contribution in [0.25, 0.3) is 0 Å². The van der Waals surface area contributed by atoms with Gasteiger partial charge < -0.3 is 10.1 Å². The lowest BCUT2D eigenvalue weighted by Gasteiger charge is -2.22. The maximum Gasteiger partial charge on any atom is 0.300 e. The smallest absolute Gasteiger partial charge is 0.300 e. The molecule has 8 heteroatoms. The van der Waals surface area contributed by atoms with E-state index in [9.17, 15) is 14.9 Å². The van der Waals surface area contributed by atoms with Gasteiger partial charge in [0.25, 0.3) is 11.6 Å². The van der Waals surface area contributed by atoms with Crippen molar-refractivity contribution in [1.29, 1.82) is 0 Å². The molecule has 0 bridgehead atoms. The molecule has 1 fully saturated rings. The number of rotatable bonds is 4. The van der Waals surface area contributed by atoms with Gasteiger partial charge in [-0.05, 0) is 24.8 Å². The number of carbonyl (C=O) groups excluding carboxylic acids is 1. The monoisotopic (exact) mass is 299 g/mol. The molecule has 1 atom stereocenters. The lowest BCUT2D eigenvalue weighted by molar-refractivity contribution is -0.385. The van der Waals surface area contributed by atoms with E-state index in [1.165, 1.54) is 6.07 Å². The van der Waals surface area contributed by atoms with Gasteiger partial charge in [-0.1, -0.05) is 11.6 Å². The summed E-state index contributed by atoms with van der Waals surface area (Å²) in [5, 5.41) is 13.6. The van der Waals surface area contributed by atoms with E-state index in [2.05, 4.69) is 10.3 Å². The van der Waals surface area contributed by atoms with Crippen molar-refractivity contribution < 1.29 is 14.5 Å². The second-order valence-electron chi connectivity index (χ2n) is 4.57.